The highest BCUT2D eigenvalue weighted by Crippen LogP contribution is 2.23. The Bertz CT molecular complexity index is 679. The van der Waals surface area contributed by atoms with Crippen molar-refractivity contribution in [1.29, 1.82) is 5.26 Å². The maximum absolute atomic E-state index is 12.6. The molecule has 2 aromatic rings. The van der Waals surface area contributed by atoms with Crippen LogP contribution >= 0.6 is 0 Å². The monoisotopic (exact) mass is 267 g/mol. The van der Waals surface area contributed by atoms with E-state index in [0.29, 0.717) is 12.0 Å². The molecule has 0 saturated carbocycles. The van der Waals surface area contributed by atoms with Crippen molar-refractivity contribution in [3.8, 4) is 6.07 Å². The smallest absolute Gasteiger partial charge is 0.187 e. The Morgan fingerprint density at radius 1 is 1.50 bits per heavy atom. The van der Waals surface area contributed by atoms with E-state index in [2.05, 4.69) is 11.2 Å². The normalized spacial score (nSPS) is 11.9. The summed E-state index contributed by atoms with van der Waals surface area (Å²) in [5.74, 6) is -0.951. The molecule has 0 aliphatic rings. The first-order chi connectivity index (χ1) is 9.56. The third-order valence-electron chi connectivity index (χ3n) is 3.27. The molecule has 1 aromatic carbocycles. The summed E-state index contributed by atoms with van der Waals surface area (Å²) in [6.07, 6.45) is 2.37. The van der Waals surface area contributed by atoms with Crippen molar-refractivity contribution >= 4 is 5.78 Å². The lowest BCUT2D eigenvalue weighted by atomic mass is 9.91. The van der Waals surface area contributed by atoms with Crippen molar-refractivity contribution in [2.45, 2.75) is 26.2 Å². The van der Waals surface area contributed by atoms with E-state index >= 15 is 0 Å². The molecule has 0 amide bonds. The first-order valence-corrected chi connectivity index (χ1v) is 6.59. The molecule has 1 aromatic heterocycles. The van der Waals surface area contributed by atoms with Gasteiger partial charge in [-0.2, -0.15) is 10.4 Å². The van der Waals surface area contributed by atoms with Gasteiger partial charge in [-0.1, -0.05) is 36.8 Å². The summed E-state index contributed by atoms with van der Waals surface area (Å²) in [5, 5.41) is 13.6. The average Bonchev–Trinajstić information content (AvgIpc) is 2.81. The Labute approximate surface area is 118 Å². The van der Waals surface area contributed by atoms with Gasteiger partial charge in [0.2, 0.25) is 0 Å². The molecular weight excluding hydrogens is 250 g/mol. The van der Waals surface area contributed by atoms with E-state index in [1.807, 2.05) is 38.1 Å². The molecule has 1 unspecified atom stereocenters. The number of aryl methyl sites for hydroxylation is 3. The molecule has 2 rings (SSSR count). The number of aromatic nitrogens is 2. The van der Waals surface area contributed by atoms with Gasteiger partial charge in [0.25, 0.3) is 0 Å². The largest absolute Gasteiger partial charge is 0.292 e. The van der Waals surface area contributed by atoms with E-state index in [9.17, 15) is 10.1 Å². The summed E-state index contributed by atoms with van der Waals surface area (Å²) in [7, 11) is 1.78. The van der Waals surface area contributed by atoms with Crippen LogP contribution < -0.4 is 0 Å². The molecule has 0 spiro atoms. The standard InChI is InChI=1S/C16H17N3O/c1-4-15-14(10-19(3)18-15)16(20)13(9-17)12-7-5-6-11(2)8-12/h5-8,10,13H,4H2,1-3H3. The molecule has 0 saturated heterocycles. The number of hydrogen-bond donors (Lipinski definition) is 0. The minimum absolute atomic E-state index is 0.178. The molecule has 4 heteroatoms. The maximum atomic E-state index is 12.6. The van der Waals surface area contributed by atoms with Crippen LogP contribution in [0.2, 0.25) is 0 Å². The first kappa shape index (κ1) is 14.0. The molecular formula is C16H17N3O. The maximum Gasteiger partial charge on any atom is 0.187 e. The molecule has 0 N–H and O–H groups in total. The highest BCUT2D eigenvalue weighted by Gasteiger charge is 2.25. The Morgan fingerprint density at radius 3 is 2.85 bits per heavy atom. The fourth-order valence-electron chi connectivity index (χ4n) is 2.29. The Morgan fingerprint density at radius 2 is 2.25 bits per heavy atom. The summed E-state index contributed by atoms with van der Waals surface area (Å²) in [4.78, 5) is 12.6. The Balaban J connectivity index is 2.42. The van der Waals surface area contributed by atoms with Crippen molar-refractivity contribution in [3.05, 3.63) is 52.8 Å². The van der Waals surface area contributed by atoms with E-state index in [4.69, 9.17) is 0 Å². The second-order valence-electron chi connectivity index (χ2n) is 4.86. The molecule has 0 radical (unpaired) electrons. The minimum atomic E-state index is -0.774. The molecule has 20 heavy (non-hydrogen) atoms. The second-order valence-corrected chi connectivity index (χ2v) is 4.86. The summed E-state index contributed by atoms with van der Waals surface area (Å²) in [5.41, 5.74) is 3.06. The number of ketones is 1. The Kier molecular flexibility index (Phi) is 3.99. The predicted octanol–water partition coefficient (Wildman–Crippen LogP) is 2.78. The van der Waals surface area contributed by atoms with Gasteiger partial charge in [0.05, 0.1) is 17.3 Å². The number of carbonyl (C=O) groups is 1. The van der Waals surface area contributed by atoms with Crippen LogP contribution in [0.3, 0.4) is 0 Å². The van der Waals surface area contributed by atoms with Crippen molar-refractivity contribution in [1.82, 2.24) is 9.78 Å². The topological polar surface area (TPSA) is 58.7 Å². The molecule has 0 aliphatic heterocycles. The van der Waals surface area contributed by atoms with Crippen molar-refractivity contribution < 1.29 is 4.79 Å². The van der Waals surface area contributed by atoms with E-state index in [1.54, 1.807) is 17.9 Å². The van der Waals surface area contributed by atoms with Crippen LogP contribution in [0, 0.1) is 18.3 Å². The number of nitriles is 1. The number of Topliss-reactive ketones (excluding diaryl/α,β-unsaturated/α-hetero) is 1. The molecule has 0 bridgehead atoms. The molecule has 102 valence electrons. The number of rotatable bonds is 4. The van der Waals surface area contributed by atoms with Crippen molar-refractivity contribution in [2.24, 2.45) is 7.05 Å². The quantitative estimate of drug-likeness (QED) is 0.800. The molecule has 1 heterocycles. The van der Waals surface area contributed by atoms with E-state index in [0.717, 1.165) is 16.8 Å². The molecule has 1 atom stereocenters. The van der Waals surface area contributed by atoms with E-state index in [1.165, 1.54) is 0 Å². The van der Waals surface area contributed by atoms with Crippen molar-refractivity contribution in [2.75, 3.05) is 0 Å². The number of nitrogens with zero attached hydrogens (tertiary/aromatic N) is 3. The molecule has 0 fully saturated rings. The SMILES string of the molecule is CCc1nn(C)cc1C(=O)C(C#N)c1cccc(C)c1. The first-order valence-electron chi connectivity index (χ1n) is 6.59. The molecule has 4 nitrogen and oxygen atoms in total. The van der Waals surface area contributed by atoms with Gasteiger partial charge in [0, 0.05) is 13.2 Å². The summed E-state index contributed by atoms with van der Waals surface area (Å²) >= 11 is 0. The van der Waals surface area contributed by atoms with Gasteiger partial charge in [-0.15, -0.1) is 0 Å². The predicted molar refractivity (Wildman–Crippen MR) is 76.4 cm³/mol. The summed E-state index contributed by atoms with van der Waals surface area (Å²) in [6, 6.07) is 9.64. The van der Waals surface area contributed by atoms with Gasteiger partial charge < -0.3 is 0 Å². The van der Waals surface area contributed by atoms with Gasteiger partial charge >= 0.3 is 0 Å². The summed E-state index contributed by atoms with van der Waals surface area (Å²) < 4.78 is 1.62. The van der Waals surface area contributed by atoms with Gasteiger partial charge in [-0.05, 0) is 18.9 Å². The van der Waals surface area contributed by atoms with Crippen molar-refractivity contribution in [3.63, 3.8) is 0 Å². The zero-order valence-electron chi connectivity index (χ0n) is 11.9. The number of hydrogen-bond acceptors (Lipinski definition) is 3. The average molecular weight is 267 g/mol. The van der Waals surface area contributed by atoms with Gasteiger partial charge in [0.15, 0.2) is 5.78 Å². The van der Waals surface area contributed by atoms with Gasteiger partial charge in [-0.25, -0.2) is 0 Å². The second kappa shape index (κ2) is 5.70. The van der Waals surface area contributed by atoms with Crippen LogP contribution in [-0.4, -0.2) is 15.6 Å². The fourth-order valence-corrected chi connectivity index (χ4v) is 2.29. The highest BCUT2D eigenvalue weighted by molar-refractivity contribution is 6.03. The van der Waals surface area contributed by atoms with Crippen LogP contribution in [0.25, 0.3) is 0 Å². The third-order valence-corrected chi connectivity index (χ3v) is 3.27. The van der Waals surface area contributed by atoms with E-state index in [-0.39, 0.29) is 5.78 Å². The van der Waals surface area contributed by atoms with Crippen LogP contribution in [0.5, 0.6) is 0 Å². The summed E-state index contributed by atoms with van der Waals surface area (Å²) in [6.45, 7) is 3.90. The van der Waals surface area contributed by atoms with Gasteiger partial charge in [0.1, 0.15) is 5.92 Å². The van der Waals surface area contributed by atoms with Crippen LogP contribution in [0.1, 0.15) is 40.0 Å². The zero-order valence-corrected chi connectivity index (χ0v) is 11.9. The Hall–Kier alpha value is -2.41. The number of benzene rings is 1. The minimum Gasteiger partial charge on any atom is -0.292 e. The fraction of sp³-hybridized carbons (Fsp3) is 0.312. The number of carbonyl (C=O) groups excluding carboxylic acids is 1. The van der Waals surface area contributed by atoms with E-state index < -0.39 is 5.92 Å². The highest BCUT2D eigenvalue weighted by atomic mass is 16.1. The zero-order chi connectivity index (χ0) is 14.7. The van der Waals surface area contributed by atoms with Crippen LogP contribution in [0.15, 0.2) is 30.5 Å². The van der Waals surface area contributed by atoms with Crippen LogP contribution in [0.4, 0.5) is 0 Å². The van der Waals surface area contributed by atoms with Crippen LogP contribution in [-0.2, 0) is 13.5 Å². The third kappa shape index (κ3) is 2.62. The lowest BCUT2D eigenvalue weighted by Gasteiger charge is -2.09. The lowest BCUT2D eigenvalue weighted by molar-refractivity contribution is 0.0978. The molecule has 0 aliphatic carbocycles. The lowest BCUT2D eigenvalue weighted by Crippen LogP contribution is -2.12. The van der Waals surface area contributed by atoms with Gasteiger partial charge in [-0.3, -0.25) is 9.48 Å².